The summed E-state index contributed by atoms with van der Waals surface area (Å²) in [6.07, 6.45) is 3.79. The molecule has 5 heteroatoms. The van der Waals surface area contributed by atoms with Crippen molar-refractivity contribution in [2.24, 2.45) is 5.73 Å². The lowest BCUT2D eigenvalue weighted by molar-refractivity contribution is -0.117. The lowest BCUT2D eigenvalue weighted by Gasteiger charge is -2.13. The van der Waals surface area contributed by atoms with Gasteiger partial charge in [-0.15, -0.1) is 0 Å². The molecule has 1 atom stereocenters. The number of benzene rings is 2. The van der Waals surface area contributed by atoms with Gasteiger partial charge in [0.1, 0.15) is 5.82 Å². The van der Waals surface area contributed by atoms with Crippen LogP contribution in [0.1, 0.15) is 5.56 Å². The number of hydrogen-bond donors (Lipinski definition) is 2. The van der Waals surface area contributed by atoms with Gasteiger partial charge < -0.3 is 11.1 Å². The van der Waals surface area contributed by atoms with Gasteiger partial charge in [0.2, 0.25) is 5.91 Å². The number of pyridine rings is 1. The van der Waals surface area contributed by atoms with Gasteiger partial charge >= 0.3 is 0 Å². The van der Waals surface area contributed by atoms with E-state index in [0.717, 1.165) is 16.7 Å². The summed E-state index contributed by atoms with van der Waals surface area (Å²) in [6.45, 7) is 0. The lowest BCUT2D eigenvalue weighted by Crippen LogP contribution is -2.37. The fraction of sp³-hybridized carbons (Fsp3) is 0.100. The Morgan fingerprint density at radius 3 is 2.48 bits per heavy atom. The van der Waals surface area contributed by atoms with E-state index in [4.69, 9.17) is 5.73 Å². The SMILES string of the molecule is N[C@@H](Cc1ccc(F)cc1)C(=O)Nc1cccc(-c2ccncc2)c1. The van der Waals surface area contributed by atoms with Crippen molar-refractivity contribution in [1.29, 1.82) is 0 Å². The number of anilines is 1. The molecular weight excluding hydrogens is 317 g/mol. The minimum Gasteiger partial charge on any atom is -0.325 e. The Morgan fingerprint density at radius 2 is 1.76 bits per heavy atom. The zero-order chi connectivity index (χ0) is 17.6. The summed E-state index contributed by atoms with van der Waals surface area (Å²) in [5.74, 6) is -0.592. The number of hydrogen-bond acceptors (Lipinski definition) is 3. The monoisotopic (exact) mass is 335 g/mol. The highest BCUT2D eigenvalue weighted by atomic mass is 19.1. The summed E-state index contributed by atoms with van der Waals surface area (Å²) in [4.78, 5) is 16.3. The Bertz CT molecular complexity index is 850. The van der Waals surface area contributed by atoms with Crippen LogP contribution in [0.2, 0.25) is 0 Å². The van der Waals surface area contributed by atoms with Crippen LogP contribution in [-0.4, -0.2) is 16.9 Å². The van der Waals surface area contributed by atoms with Crippen LogP contribution >= 0.6 is 0 Å². The molecule has 1 heterocycles. The smallest absolute Gasteiger partial charge is 0.241 e. The highest BCUT2D eigenvalue weighted by Gasteiger charge is 2.14. The predicted octanol–water partition coefficient (Wildman–Crippen LogP) is 3.40. The molecule has 3 N–H and O–H groups in total. The van der Waals surface area contributed by atoms with Crippen LogP contribution in [0.15, 0.2) is 73.1 Å². The van der Waals surface area contributed by atoms with Gasteiger partial charge in [-0.2, -0.15) is 0 Å². The summed E-state index contributed by atoms with van der Waals surface area (Å²) < 4.78 is 12.9. The number of aromatic nitrogens is 1. The number of nitrogens with zero attached hydrogens (tertiary/aromatic N) is 1. The number of nitrogens with two attached hydrogens (primary N) is 1. The highest BCUT2D eigenvalue weighted by molar-refractivity contribution is 5.95. The normalized spacial score (nSPS) is 11.8. The molecule has 4 nitrogen and oxygen atoms in total. The summed E-state index contributed by atoms with van der Waals surface area (Å²) in [5, 5.41) is 2.83. The van der Waals surface area contributed by atoms with Crippen molar-refractivity contribution < 1.29 is 9.18 Å². The van der Waals surface area contributed by atoms with E-state index in [-0.39, 0.29) is 11.7 Å². The fourth-order valence-electron chi connectivity index (χ4n) is 2.52. The van der Waals surface area contributed by atoms with Crippen LogP contribution in [0.25, 0.3) is 11.1 Å². The Kier molecular flexibility index (Phi) is 5.16. The molecule has 1 aromatic heterocycles. The summed E-state index contributed by atoms with van der Waals surface area (Å²) in [5.41, 5.74) is 9.45. The van der Waals surface area contributed by atoms with Gasteiger partial charge in [0, 0.05) is 18.1 Å². The molecule has 0 bridgehead atoms. The van der Waals surface area contributed by atoms with Crippen LogP contribution in [0.5, 0.6) is 0 Å². The van der Waals surface area contributed by atoms with Gasteiger partial charge in [0.25, 0.3) is 0 Å². The first-order valence-electron chi connectivity index (χ1n) is 7.93. The molecule has 3 rings (SSSR count). The number of carbonyl (C=O) groups excluding carboxylic acids is 1. The fourth-order valence-corrected chi connectivity index (χ4v) is 2.52. The van der Waals surface area contributed by atoms with Crippen molar-refractivity contribution in [3.8, 4) is 11.1 Å². The molecule has 0 saturated carbocycles. The van der Waals surface area contributed by atoms with Crippen molar-refractivity contribution in [2.45, 2.75) is 12.5 Å². The second-order valence-electron chi connectivity index (χ2n) is 5.74. The molecule has 0 saturated heterocycles. The molecule has 25 heavy (non-hydrogen) atoms. The number of nitrogens with one attached hydrogen (secondary N) is 1. The summed E-state index contributed by atoms with van der Waals surface area (Å²) in [7, 11) is 0. The van der Waals surface area contributed by atoms with Crippen LogP contribution < -0.4 is 11.1 Å². The van der Waals surface area contributed by atoms with Crippen LogP contribution in [0, 0.1) is 5.82 Å². The first-order chi connectivity index (χ1) is 12.1. The Labute approximate surface area is 145 Å². The van der Waals surface area contributed by atoms with E-state index in [0.29, 0.717) is 12.1 Å². The third-order valence-electron chi connectivity index (χ3n) is 3.85. The van der Waals surface area contributed by atoms with E-state index >= 15 is 0 Å². The van der Waals surface area contributed by atoms with Crippen LogP contribution in [0.3, 0.4) is 0 Å². The predicted molar refractivity (Wildman–Crippen MR) is 96.4 cm³/mol. The Morgan fingerprint density at radius 1 is 1.04 bits per heavy atom. The largest absolute Gasteiger partial charge is 0.325 e. The van der Waals surface area contributed by atoms with Crippen molar-refractivity contribution in [2.75, 3.05) is 5.32 Å². The quantitative estimate of drug-likeness (QED) is 0.751. The van der Waals surface area contributed by atoms with Gasteiger partial charge in [-0.25, -0.2) is 4.39 Å². The molecule has 0 spiro atoms. The zero-order valence-electron chi connectivity index (χ0n) is 13.5. The van der Waals surface area contributed by atoms with E-state index in [1.807, 2.05) is 36.4 Å². The van der Waals surface area contributed by atoms with Gasteiger partial charge in [0.05, 0.1) is 6.04 Å². The van der Waals surface area contributed by atoms with Crippen molar-refractivity contribution in [3.05, 3.63) is 84.4 Å². The molecule has 3 aromatic rings. The molecule has 1 amide bonds. The molecular formula is C20H18FN3O. The molecule has 0 aliphatic carbocycles. The van der Waals surface area contributed by atoms with Crippen LogP contribution in [-0.2, 0) is 11.2 Å². The number of rotatable bonds is 5. The van der Waals surface area contributed by atoms with Crippen molar-refractivity contribution in [3.63, 3.8) is 0 Å². The molecule has 2 aromatic carbocycles. The highest BCUT2D eigenvalue weighted by Crippen LogP contribution is 2.22. The third-order valence-corrected chi connectivity index (χ3v) is 3.85. The number of halogens is 1. The van der Waals surface area contributed by atoms with Crippen LogP contribution in [0.4, 0.5) is 10.1 Å². The summed E-state index contributed by atoms with van der Waals surface area (Å²) in [6, 6.07) is 16.6. The standard InChI is InChI=1S/C20H18FN3O/c21-17-6-4-14(5-7-17)12-19(22)20(25)24-18-3-1-2-16(13-18)15-8-10-23-11-9-15/h1-11,13,19H,12,22H2,(H,24,25)/t19-/m0/s1. The van der Waals surface area contributed by atoms with Crippen molar-refractivity contribution >= 4 is 11.6 Å². The van der Waals surface area contributed by atoms with Gasteiger partial charge in [-0.3, -0.25) is 9.78 Å². The second kappa shape index (κ2) is 7.68. The van der Waals surface area contributed by atoms with Gasteiger partial charge in [-0.05, 0) is 59.5 Å². The molecule has 0 fully saturated rings. The first-order valence-corrected chi connectivity index (χ1v) is 7.93. The maximum absolute atomic E-state index is 12.9. The van der Waals surface area contributed by atoms with E-state index in [2.05, 4.69) is 10.3 Å². The van der Waals surface area contributed by atoms with E-state index in [9.17, 15) is 9.18 Å². The first kappa shape index (κ1) is 16.8. The maximum atomic E-state index is 12.9. The molecule has 0 aliphatic rings. The molecule has 0 unspecified atom stereocenters. The van der Waals surface area contributed by atoms with E-state index < -0.39 is 6.04 Å². The second-order valence-corrected chi connectivity index (χ2v) is 5.74. The lowest BCUT2D eigenvalue weighted by atomic mass is 10.0. The topological polar surface area (TPSA) is 68.0 Å². The van der Waals surface area contributed by atoms with E-state index in [1.54, 1.807) is 24.5 Å². The van der Waals surface area contributed by atoms with E-state index in [1.165, 1.54) is 12.1 Å². The minimum atomic E-state index is -0.713. The molecule has 0 aliphatic heterocycles. The molecule has 0 radical (unpaired) electrons. The van der Waals surface area contributed by atoms with Gasteiger partial charge in [-0.1, -0.05) is 24.3 Å². The number of carbonyl (C=O) groups is 1. The minimum absolute atomic E-state index is 0.281. The number of amides is 1. The Hall–Kier alpha value is -3.05. The Balaban J connectivity index is 1.67. The maximum Gasteiger partial charge on any atom is 0.241 e. The molecule has 126 valence electrons. The summed E-state index contributed by atoms with van der Waals surface area (Å²) >= 11 is 0. The third kappa shape index (κ3) is 4.49. The average Bonchev–Trinajstić information content (AvgIpc) is 2.64. The van der Waals surface area contributed by atoms with Gasteiger partial charge in [0.15, 0.2) is 0 Å². The zero-order valence-corrected chi connectivity index (χ0v) is 13.5. The van der Waals surface area contributed by atoms with Crippen molar-refractivity contribution in [1.82, 2.24) is 4.98 Å². The average molecular weight is 335 g/mol.